The summed E-state index contributed by atoms with van der Waals surface area (Å²) in [5.74, 6) is 1.31. The summed E-state index contributed by atoms with van der Waals surface area (Å²) in [6.45, 7) is 5.36. The maximum absolute atomic E-state index is 13.6. The molecule has 1 amide bonds. The molecule has 3 N–H and O–H groups in total. The van der Waals surface area contributed by atoms with Crippen LogP contribution >= 0.6 is 0 Å². The average molecular weight is 403 g/mol. The molecule has 1 fully saturated rings. The Hall–Kier alpha value is -2.64. The highest BCUT2D eigenvalue weighted by Crippen LogP contribution is 2.18. The Morgan fingerprint density at radius 1 is 0.966 bits per heavy atom. The smallest absolute Gasteiger partial charge is 0.275 e. The van der Waals surface area contributed by atoms with Gasteiger partial charge in [-0.25, -0.2) is 4.39 Å². The molecule has 0 saturated carbocycles. The van der Waals surface area contributed by atoms with Crippen molar-refractivity contribution in [2.75, 3.05) is 46.9 Å². The van der Waals surface area contributed by atoms with Crippen LogP contribution in [0.4, 0.5) is 4.39 Å². The minimum Gasteiger partial charge on any atom is -0.496 e. The normalized spacial score (nSPS) is 18.9. The average Bonchev–Trinajstić information content (AvgIpc) is 2.74. The van der Waals surface area contributed by atoms with Crippen molar-refractivity contribution in [3.63, 3.8) is 0 Å². The number of benzene rings is 2. The van der Waals surface area contributed by atoms with E-state index in [-0.39, 0.29) is 11.7 Å². The number of halogens is 1. The van der Waals surface area contributed by atoms with E-state index in [1.165, 1.54) is 15.9 Å². The Balaban J connectivity index is 1.44. The second kappa shape index (κ2) is 10.2. The van der Waals surface area contributed by atoms with Crippen LogP contribution in [0.25, 0.3) is 0 Å². The molecule has 6 nitrogen and oxygen atoms in total. The highest BCUT2D eigenvalue weighted by Gasteiger charge is 2.25. The van der Waals surface area contributed by atoms with Gasteiger partial charge in [-0.05, 0) is 24.3 Å². The Morgan fingerprint density at radius 3 is 2.34 bits per heavy atom. The summed E-state index contributed by atoms with van der Waals surface area (Å²) in [4.78, 5) is 15.0. The van der Waals surface area contributed by atoms with Gasteiger partial charge in [-0.2, -0.15) is 0 Å². The summed E-state index contributed by atoms with van der Waals surface area (Å²) >= 11 is 0. The molecule has 0 aliphatic carbocycles. The van der Waals surface area contributed by atoms with Gasteiger partial charge >= 0.3 is 0 Å². The van der Waals surface area contributed by atoms with E-state index in [0.717, 1.165) is 55.3 Å². The number of carbonyl (C=O) groups is 1. The maximum Gasteiger partial charge on any atom is 0.275 e. The van der Waals surface area contributed by atoms with Crippen LogP contribution in [-0.4, -0.2) is 52.9 Å². The number of nitrogens with one attached hydrogen (secondary N) is 3. The van der Waals surface area contributed by atoms with Crippen LogP contribution in [0.3, 0.4) is 0 Å². The Morgan fingerprint density at radius 2 is 1.62 bits per heavy atom. The summed E-state index contributed by atoms with van der Waals surface area (Å²) in [5.41, 5.74) is 1.86. The minimum atomic E-state index is -0.240. The van der Waals surface area contributed by atoms with Gasteiger partial charge in [0, 0.05) is 12.1 Å². The van der Waals surface area contributed by atoms with E-state index in [2.05, 4.69) is 5.32 Å². The number of amides is 1. The molecule has 0 aromatic heterocycles. The van der Waals surface area contributed by atoms with E-state index >= 15 is 0 Å². The third kappa shape index (κ3) is 5.92. The molecule has 1 aliphatic heterocycles. The third-order valence-corrected chi connectivity index (χ3v) is 5.43. The summed E-state index contributed by atoms with van der Waals surface area (Å²) in [6, 6.07) is 12.3. The lowest BCUT2D eigenvalue weighted by molar-refractivity contribution is -1.02. The SMILES string of the molecule is COc1ccccc1CNC(=O)C[NH+]1CC[NH+](Cc2cc(F)ccc2OC)CC1. The monoisotopic (exact) mass is 403 g/mol. The van der Waals surface area contributed by atoms with Gasteiger partial charge in [0.15, 0.2) is 6.54 Å². The zero-order valence-corrected chi connectivity index (χ0v) is 17.1. The quantitative estimate of drug-likeness (QED) is 0.554. The number of piperazine rings is 1. The van der Waals surface area contributed by atoms with Crippen LogP contribution in [0.15, 0.2) is 42.5 Å². The van der Waals surface area contributed by atoms with Gasteiger partial charge in [-0.15, -0.1) is 0 Å². The summed E-state index contributed by atoms with van der Waals surface area (Å²) in [6.07, 6.45) is 0. The van der Waals surface area contributed by atoms with Crippen LogP contribution in [0.5, 0.6) is 11.5 Å². The number of quaternary nitrogens is 2. The zero-order valence-electron chi connectivity index (χ0n) is 17.1. The summed E-state index contributed by atoms with van der Waals surface area (Å²) in [5, 5.41) is 2.99. The highest BCUT2D eigenvalue weighted by atomic mass is 19.1. The van der Waals surface area contributed by atoms with Crippen molar-refractivity contribution in [2.45, 2.75) is 13.1 Å². The first-order valence-electron chi connectivity index (χ1n) is 9.97. The zero-order chi connectivity index (χ0) is 20.6. The van der Waals surface area contributed by atoms with Gasteiger partial charge in [0.2, 0.25) is 0 Å². The molecule has 1 saturated heterocycles. The van der Waals surface area contributed by atoms with Crippen molar-refractivity contribution in [1.29, 1.82) is 0 Å². The van der Waals surface area contributed by atoms with E-state index < -0.39 is 0 Å². The van der Waals surface area contributed by atoms with Crippen LogP contribution in [0, 0.1) is 5.82 Å². The van der Waals surface area contributed by atoms with Crippen LogP contribution in [-0.2, 0) is 17.9 Å². The fraction of sp³-hybridized carbons (Fsp3) is 0.409. The lowest BCUT2D eigenvalue weighted by Gasteiger charge is -2.29. The van der Waals surface area contributed by atoms with Crippen LogP contribution in [0.1, 0.15) is 11.1 Å². The minimum absolute atomic E-state index is 0.0427. The highest BCUT2D eigenvalue weighted by molar-refractivity contribution is 5.76. The lowest BCUT2D eigenvalue weighted by atomic mass is 10.1. The Labute approximate surface area is 171 Å². The number of methoxy groups -OCH3 is 2. The van der Waals surface area contributed by atoms with Crippen molar-refractivity contribution in [3.05, 3.63) is 59.4 Å². The maximum atomic E-state index is 13.6. The van der Waals surface area contributed by atoms with Gasteiger partial charge < -0.3 is 24.6 Å². The van der Waals surface area contributed by atoms with Gasteiger partial charge in [-0.1, -0.05) is 18.2 Å². The molecule has 3 rings (SSSR count). The number of carbonyl (C=O) groups excluding carboxylic acids is 1. The molecule has 29 heavy (non-hydrogen) atoms. The van der Waals surface area contributed by atoms with Crippen LogP contribution < -0.4 is 24.6 Å². The first kappa shape index (κ1) is 21.1. The lowest BCUT2D eigenvalue weighted by Crippen LogP contribution is -3.28. The molecular weight excluding hydrogens is 373 g/mol. The molecule has 2 aromatic carbocycles. The van der Waals surface area contributed by atoms with E-state index in [1.54, 1.807) is 26.4 Å². The van der Waals surface area contributed by atoms with Gasteiger partial charge in [-0.3, -0.25) is 4.79 Å². The van der Waals surface area contributed by atoms with Crippen molar-refractivity contribution in [3.8, 4) is 11.5 Å². The molecule has 0 spiro atoms. The number of ether oxygens (including phenoxy) is 2. The third-order valence-electron chi connectivity index (χ3n) is 5.43. The molecule has 7 heteroatoms. The number of para-hydroxylation sites is 1. The number of hydrogen-bond acceptors (Lipinski definition) is 3. The number of hydrogen-bond donors (Lipinski definition) is 3. The summed E-state index contributed by atoms with van der Waals surface area (Å²) in [7, 11) is 3.24. The molecule has 1 aliphatic rings. The first-order valence-corrected chi connectivity index (χ1v) is 9.97. The van der Waals surface area contributed by atoms with E-state index in [4.69, 9.17) is 9.47 Å². The standard InChI is InChI=1S/C22H28FN3O3/c1-28-20-6-4-3-5-17(20)14-24-22(27)16-26-11-9-25(10-12-26)15-18-13-19(23)7-8-21(18)29-2/h3-8,13H,9-12,14-16H2,1-2H3,(H,24,27)/p+2. The molecule has 0 radical (unpaired) electrons. The van der Waals surface area contributed by atoms with Crippen molar-refractivity contribution in [1.82, 2.24) is 5.32 Å². The van der Waals surface area contributed by atoms with Gasteiger partial charge in [0.05, 0.1) is 19.8 Å². The molecule has 2 aromatic rings. The molecule has 0 bridgehead atoms. The van der Waals surface area contributed by atoms with Crippen molar-refractivity contribution < 1.29 is 28.5 Å². The summed E-state index contributed by atoms with van der Waals surface area (Å²) < 4.78 is 24.2. The predicted molar refractivity (Wildman–Crippen MR) is 108 cm³/mol. The topological polar surface area (TPSA) is 56.4 Å². The molecule has 0 unspecified atom stereocenters. The van der Waals surface area contributed by atoms with E-state index in [9.17, 15) is 9.18 Å². The predicted octanol–water partition coefficient (Wildman–Crippen LogP) is -0.557. The van der Waals surface area contributed by atoms with E-state index in [1.807, 2.05) is 24.3 Å². The molecule has 0 atom stereocenters. The first-order chi connectivity index (χ1) is 14.1. The fourth-order valence-electron chi connectivity index (χ4n) is 3.80. The van der Waals surface area contributed by atoms with Crippen LogP contribution in [0.2, 0.25) is 0 Å². The van der Waals surface area contributed by atoms with Crippen molar-refractivity contribution >= 4 is 5.91 Å². The van der Waals surface area contributed by atoms with E-state index in [0.29, 0.717) is 13.1 Å². The van der Waals surface area contributed by atoms with Gasteiger partial charge in [0.1, 0.15) is 50.0 Å². The fourth-order valence-corrected chi connectivity index (χ4v) is 3.80. The Kier molecular flexibility index (Phi) is 7.43. The Bertz CT molecular complexity index is 823. The molecule has 1 heterocycles. The largest absolute Gasteiger partial charge is 0.496 e. The molecular formula is C22H30FN3O3+2. The van der Waals surface area contributed by atoms with Gasteiger partial charge in [0.25, 0.3) is 5.91 Å². The second-order valence-electron chi connectivity index (χ2n) is 7.40. The molecule has 156 valence electrons. The second-order valence-corrected chi connectivity index (χ2v) is 7.40. The van der Waals surface area contributed by atoms with Crippen molar-refractivity contribution in [2.24, 2.45) is 0 Å². The number of rotatable bonds is 8.